The summed E-state index contributed by atoms with van der Waals surface area (Å²) in [4.78, 5) is 20.5. The van der Waals surface area contributed by atoms with Crippen LogP contribution >= 0.6 is 0 Å². The molecule has 0 unspecified atom stereocenters. The molecule has 5 rings (SSSR count). The van der Waals surface area contributed by atoms with Gasteiger partial charge in [0.15, 0.2) is 0 Å². The van der Waals surface area contributed by atoms with Gasteiger partial charge in [-0.05, 0) is 127 Å². The van der Waals surface area contributed by atoms with Crippen molar-refractivity contribution in [2.24, 2.45) is 0 Å². The normalized spacial score (nSPS) is 22.6. The van der Waals surface area contributed by atoms with Gasteiger partial charge in [0.1, 0.15) is 5.75 Å². The van der Waals surface area contributed by atoms with Gasteiger partial charge in [-0.2, -0.15) is 26.3 Å². The number of nitrogens with zero attached hydrogens (tertiary/aromatic N) is 3. The molecule has 0 radical (unpaired) electrons. The minimum atomic E-state index is -5.18. The Morgan fingerprint density at radius 2 is 1.54 bits per heavy atom. The fourth-order valence-electron chi connectivity index (χ4n) is 7.89. The maximum atomic E-state index is 14.2. The van der Waals surface area contributed by atoms with Crippen LogP contribution in [0.25, 0.3) is 0 Å². The molecule has 0 saturated carbocycles. The van der Waals surface area contributed by atoms with Crippen molar-refractivity contribution < 1.29 is 35.9 Å². The summed E-state index contributed by atoms with van der Waals surface area (Å²) in [6.07, 6.45) is -2.24. The van der Waals surface area contributed by atoms with Crippen LogP contribution in [0.4, 0.5) is 26.3 Å². The number of carbonyl (C=O) groups excluding carboxylic acids is 1. The van der Waals surface area contributed by atoms with Gasteiger partial charge >= 0.3 is 12.4 Å². The van der Waals surface area contributed by atoms with E-state index in [1.54, 1.807) is 4.90 Å². The molecule has 5 nitrogen and oxygen atoms in total. The van der Waals surface area contributed by atoms with Crippen LogP contribution in [0.3, 0.4) is 0 Å². The first kappa shape index (κ1) is 36.5. The minimum Gasteiger partial charge on any atom is -0.491 e. The van der Waals surface area contributed by atoms with Gasteiger partial charge < -0.3 is 19.4 Å². The second-order valence-electron chi connectivity index (χ2n) is 14.2. The fraction of sp³-hybridized carbons (Fsp3) is 0.649. The number of alkyl halides is 6. The molecule has 1 amide bonds. The van der Waals surface area contributed by atoms with Gasteiger partial charge in [-0.25, -0.2) is 0 Å². The monoisotopic (exact) mass is 681 g/mol. The zero-order valence-electron chi connectivity index (χ0n) is 28.1. The van der Waals surface area contributed by atoms with Crippen LogP contribution in [0.2, 0.25) is 0 Å². The van der Waals surface area contributed by atoms with E-state index in [4.69, 9.17) is 4.74 Å². The van der Waals surface area contributed by atoms with Crippen molar-refractivity contribution in [1.82, 2.24) is 14.7 Å². The lowest BCUT2D eigenvalue weighted by atomic mass is 9.72. The third kappa shape index (κ3) is 9.25. The molecule has 0 bridgehead atoms. The quantitative estimate of drug-likeness (QED) is 0.250. The van der Waals surface area contributed by atoms with E-state index in [2.05, 4.69) is 9.80 Å². The van der Waals surface area contributed by atoms with Gasteiger partial charge in [0.25, 0.3) is 0 Å². The van der Waals surface area contributed by atoms with Crippen molar-refractivity contribution in [1.29, 1.82) is 0 Å². The Kier molecular flexibility index (Phi) is 11.7. The maximum absolute atomic E-state index is 14.2. The summed E-state index contributed by atoms with van der Waals surface area (Å²) in [6, 6.07) is 10.4. The maximum Gasteiger partial charge on any atom is 0.417 e. The van der Waals surface area contributed by atoms with Crippen molar-refractivity contribution in [2.45, 2.75) is 108 Å². The zero-order valence-corrected chi connectivity index (χ0v) is 28.1. The predicted octanol–water partition coefficient (Wildman–Crippen LogP) is 8.34. The van der Waals surface area contributed by atoms with Crippen molar-refractivity contribution in [3.8, 4) is 5.75 Å². The molecule has 3 aliphatic rings. The smallest absolute Gasteiger partial charge is 0.417 e. The third-order valence-electron chi connectivity index (χ3n) is 10.4. The Labute approximate surface area is 280 Å². The van der Waals surface area contributed by atoms with Gasteiger partial charge in [-0.15, -0.1) is 0 Å². The largest absolute Gasteiger partial charge is 0.491 e. The summed E-state index contributed by atoms with van der Waals surface area (Å²) in [5.74, 6) is 0.488. The number of carbonyl (C=O) groups is 1. The van der Waals surface area contributed by atoms with E-state index in [9.17, 15) is 31.1 Å². The van der Waals surface area contributed by atoms with Crippen LogP contribution < -0.4 is 4.74 Å². The van der Waals surface area contributed by atoms with E-state index >= 15 is 0 Å². The number of rotatable bonds is 9. The Balaban J connectivity index is 1.40. The second-order valence-corrected chi connectivity index (χ2v) is 14.2. The number of likely N-dealkylation sites (tertiary alicyclic amines) is 3. The molecule has 3 aliphatic heterocycles. The van der Waals surface area contributed by atoms with Crippen LogP contribution in [0.1, 0.15) is 93.9 Å². The lowest BCUT2D eigenvalue weighted by molar-refractivity contribution is -0.162. The summed E-state index contributed by atoms with van der Waals surface area (Å²) in [5.41, 5.74) is -3.30. The lowest BCUT2D eigenvalue weighted by Crippen LogP contribution is -2.48. The molecule has 48 heavy (non-hydrogen) atoms. The molecule has 2 aromatic carbocycles. The van der Waals surface area contributed by atoms with E-state index in [0.29, 0.717) is 62.7 Å². The number of ether oxygens (including phenoxy) is 1. The first-order chi connectivity index (χ1) is 22.7. The van der Waals surface area contributed by atoms with Gasteiger partial charge in [0.05, 0.1) is 23.7 Å². The van der Waals surface area contributed by atoms with Crippen LogP contribution in [-0.4, -0.2) is 78.6 Å². The molecule has 11 heteroatoms. The van der Waals surface area contributed by atoms with E-state index in [1.807, 2.05) is 38.1 Å². The van der Waals surface area contributed by atoms with Crippen molar-refractivity contribution in [2.75, 3.05) is 45.8 Å². The standard InChI is InChI=1S/C37H49F6N3O2/c1-27(2)48-31-10-8-9-28(23-31)24-34(47)46-19-7-4-15-35(26-46,29-11-12-32(36(38,39)40)33(25-29)37(41,42)43)16-22-44-20-13-30(14-21-44)45-17-5-3-6-18-45/h8-12,23,25,27,30H,3-7,13-22,24,26H2,1-2H3/t35-/m1/s1. The van der Waals surface area contributed by atoms with E-state index < -0.39 is 28.9 Å². The number of amides is 1. The summed E-state index contributed by atoms with van der Waals surface area (Å²) >= 11 is 0. The number of hydrogen-bond donors (Lipinski definition) is 0. The van der Waals surface area contributed by atoms with E-state index in [-0.39, 0.29) is 30.5 Å². The highest BCUT2D eigenvalue weighted by atomic mass is 19.4. The number of hydrogen-bond acceptors (Lipinski definition) is 4. The predicted molar refractivity (Wildman–Crippen MR) is 174 cm³/mol. The van der Waals surface area contributed by atoms with Gasteiger partial charge in [0, 0.05) is 24.5 Å². The summed E-state index contributed by atoms with van der Waals surface area (Å²) in [7, 11) is 0. The molecular weight excluding hydrogens is 632 g/mol. The van der Waals surface area contributed by atoms with E-state index in [0.717, 1.165) is 44.6 Å². The Bertz CT molecular complexity index is 1370. The second kappa shape index (κ2) is 15.4. The Hall–Kier alpha value is -2.79. The molecule has 0 spiro atoms. The molecule has 0 aliphatic carbocycles. The Morgan fingerprint density at radius 1 is 0.854 bits per heavy atom. The van der Waals surface area contributed by atoms with Crippen molar-refractivity contribution in [3.05, 3.63) is 64.7 Å². The van der Waals surface area contributed by atoms with Crippen molar-refractivity contribution >= 4 is 5.91 Å². The topological polar surface area (TPSA) is 36.0 Å². The molecule has 3 saturated heterocycles. The molecule has 0 aromatic heterocycles. The first-order valence-corrected chi connectivity index (χ1v) is 17.5. The average Bonchev–Trinajstić information content (AvgIpc) is 3.27. The highest BCUT2D eigenvalue weighted by molar-refractivity contribution is 5.79. The zero-order chi connectivity index (χ0) is 34.5. The molecule has 0 N–H and O–H groups in total. The van der Waals surface area contributed by atoms with Gasteiger partial charge in [0.2, 0.25) is 5.91 Å². The number of halogens is 6. The summed E-state index contributed by atoms with van der Waals surface area (Å²) < 4.78 is 89.6. The number of benzene rings is 2. The first-order valence-electron chi connectivity index (χ1n) is 17.5. The number of piperidine rings is 2. The molecular formula is C37H49F6N3O2. The van der Waals surface area contributed by atoms with Crippen LogP contribution in [0.5, 0.6) is 5.75 Å². The van der Waals surface area contributed by atoms with Crippen LogP contribution in [-0.2, 0) is 29.0 Å². The highest BCUT2D eigenvalue weighted by Gasteiger charge is 2.45. The van der Waals surface area contributed by atoms with Gasteiger partial charge in [-0.3, -0.25) is 4.79 Å². The Morgan fingerprint density at radius 3 is 2.21 bits per heavy atom. The molecule has 2 aromatic rings. The SMILES string of the molecule is CC(C)Oc1cccc(CC(=O)N2CCCC[C@](CCN3CCC(N4CCCCC4)CC3)(c3ccc(C(F)(F)F)c(C(F)(F)F)c3)C2)c1. The fourth-order valence-corrected chi connectivity index (χ4v) is 7.89. The van der Waals surface area contributed by atoms with Gasteiger partial charge in [-0.1, -0.05) is 31.0 Å². The van der Waals surface area contributed by atoms with Crippen LogP contribution in [0, 0.1) is 0 Å². The molecule has 3 heterocycles. The summed E-state index contributed by atoms with van der Waals surface area (Å²) in [6.45, 7) is 9.02. The third-order valence-corrected chi connectivity index (χ3v) is 10.4. The lowest BCUT2D eigenvalue weighted by Gasteiger charge is -2.42. The van der Waals surface area contributed by atoms with Crippen molar-refractivity contribution in [3.63, 3.8) is 0 Å². The summed E-state index contributed by atoms with van der Waals surface area (Å²) in [5, 5.41) is 0. The minimum absolute atomic E-state index is 0.0388. The molecule has 266 valence electrons. The highest BCUT2D eigenvalue weighted by Crippen LogP contribution is 2.45. The van der Waals surface area contributed by atoms with Crippen LogP contribution in [0.15, 0.2) is 42.5 Å². The van der Waals surface area contributed by atoms with E-state index in [1.165, 1.54) is 25.3 Å². The average molecular weight is 682 g/mol. The molecule has 3 fully saturated rings. The molecule has 1 atom stereocenters.